The first-order valence-electron chi connectivity index (χ1n) is 10.8. The predicted octanol–water partition coefficient (Wildman–Crippen LogP) is 6.97. The molecule has 0 bridgehead atoms. The van der Waals surface area contributed by atoms with Crippen LogP contribution >= 0.6 is 0 Å². The minimum absolute atomic E-state index is 0.235. The van der Waals surface area contributed by atoms with E-state index in [1.54, 1.807) is 24.3 Å². The highest BCUT2D eigenvalue weighted by molar-refractivity contribution is 6.03. The number of rotatable bonds is 6. The van der Waals surface area contributed by atoms with Crippen molar-refractivity contribution in [2.75, 3.05) is 0 Å². The van der Waals surface area contributed by atoms with E-state index in [0.29, 0.717) is 0 Å². The first-order chi connectivity index (χ1) is 16.0. The Balaban J connectivity index is 1.43. The zero-order valence-electron chi connectivity index (χ0n) is 18.7. The molecule has 4 aromatic rings. The Kier molecular flexibility index (Phi) is 6.65. The van der Waals surface area contributed by atoms with Crippen LogP contribution in [0.25, 0.3) is 0 Å². The van der Waals surface area contributed by atoms with Gasteiger partial charge in [0, 0.05) is 22.6 Å². The average molecular weight is 435 g/mol. The molecule has 0 spiro atoms. The number of benzene rings is 4. The summed E-state index contributed by atoms with van der Waals surface area (Å²) in [6.07, 6.45) is 0.810. The highest BCUT2D eigenvalue weighted by Gasteiger charge is 2.05. The van der Waals surface area contributed by atoms with Crippen molar-refractivity contribution in [1.82, 2.24) is 0 Å². The Morgan fingerprint density at radius 3 is 1.27 bits per heavy atom. The molecule has 4 aromatic carbocycles. The van der Waals surface area contributed by atoms with Gasteiger partial charge >= 0.3 is 0 Å². The van der Waals surface area contributed by atoms with Crippen LogP contribution in [-0.2, 0) is 6.42 Å². The molecule has 0 saturated carbocycles. The van der Waals surface area contributed by atoms with Crippen LogP contribution in [-0.4, -0.2) is 21.6 Å². The Hall–Kier alpha value is -4.18. The monoisotopic (exact) mass is 434 g/mol. The van der Waals surface area contributed by atoms with E-state index in [0.717, 1.165) is 40.3 Å². The molecule has 0 radical (unpaired) electrons. The summed E-state index contributed by atoms with van der Waals surface area (Å²) in [6, 6.07) is 30.7. The maximum absolute atomic E-state index is 10.0. The molecule has 0 unspecified atom stereocenters. The van der Waals surface area contributed by atoms with E-state index < -0.39 is 0 Å². The molecule has 0 aliphatic rings. The lowest BCUT2D eigenvalue weighted by atomic mass is 10.0. The molecule has 0 aliphatic carbocycles. The lowest BCUT2D eigenvalue weighted by Crippen LogP contribution is -1.94. The maximum Gasteiger partial charge on any atom is 0.124 e. The van der Waals surface area contributed by atoms with Crippen molar-refractivity contribution < 1.29 is 10.2 Å². The molecule has 0 saturated heterocycles. The topological polar surface area (TPSA) is 65.2 Å². The maximum atomic E-state index is 10.0. The Morgan fingerprint density at radius 2 is 0.909 bits per heavy atom. The van der Waals surface area contributed by atoms with Gasteiger partial charge in [0.15, 0.2) is 0 Å². The molecule has 4 nitrogen and oxygen atoms in total. The van der Waals surface area contributed by atoms with Crippen molar-refractivity contribution in [3.05, 3.63) is 119 Å². The number of phenolic OH excluding ortho intramolecular Hbond substituents is 2. The average Bonchev–Trinajstić information content (AvgIpc) is 2.82. The van der Waals surface area contributed by atoms with Crippen LogP contribution in [0.15, 0.2) is 107 Å². The lowest BCUT2D eigenvalue weighted by Gasteiger charge is -2.06. The Bertz CT molecular complexity index is 1200. The van der Waals surface area contributed by atoms with Gasteiger partial charge in [-0.2, -0.15) is 0 Å². The van der Waals surface area contributed by atoms with E-state index in [9.17, 15) is 10.2 Å². The van der Waals surface area contributed by atoms with Crippen molar-refractivity contribution in [3.8, 4) is 11.5 Å². The third-order valence-electron chi connectivity index (χ3n) is 5.46. The summed E-state index contributed by atoms with van der Waals surface area (Å²) in [5, 5.41) is 20.0. The van der Waals surface area contributed by atoms with Gasteiger partial charge in [0.05, 0.1) is 11.4 Å². The zero-order chi connectivity index (χ0) is 23.2. The fourth-order valence-corrected chi connectivity index (χ4v) is 3.68. The number of aromatic hydroxyl groups is 2. The summed E-state index contributed by atoms with van der Waals surface area (Å²) in [4.78, 5) is 9.27. The summed E-state index contributed by atoms with van der Waals surface area (Å²) in [7, 11) is 0. The third kappa shape index (κ3) is 5.55. The quantitative estimate of drug-likeness (QED) is 0.322. The predicted molar refractivity (Wildman–Crippen MR) is 136 cm³/mol. The number of para-hydroxylation sites is 2. The van der Waals surface area contributed by atoms with E-state index in [1.807, 2.05) is 62.4 Å². The van der Waals surface area contributed by atoms with E-state index in [2.05, 4.69) is 34.3 Å². The summed E-state index contributed by atoms with van der Waals surface area (Å²) < 4.78 is 0. The van der Waals surface area contributed by atoms with E-state index in [4.69, 9.17) is 0 Å². The first kappa shape index (κ1) is 22.0. The van der Waals surface area contributed by atoms with Gasteiger partial charge in [0.2, 0.25) is 0 Å². The highest BCUT2D eigenvalue weighted by Crippen LogP contribution is 2.23. The van der Waals surface area contributed by atoms with Crippen LogP contribution in [0.3, 0.4) is 0 Å². The molecule has 0 amide bonds. The van der Waals surface area contributed by atoms with Gasteiger partial charge in [0.25, 0.3) is 0 Å². The second-order valence-corrected chi connectivity index (χ2v) is 7.94. The highest BCUT2D eigenvalue weighted by atomic mass is 16.3. The molecular weight excluding hydrogens is 408 g/mol. The minimum Gasteiger partial charge on any atom is -0.507 e. The summed E-state index contributed by atoms with van der Waals surface area (Å²) >= 11 is 0. The van der Waals surface area contributed by atoms with E-state index >= 15 is 0 Å². The molecule has 0 atom stereocenters. The summed E-state index contributed by atoms with van der Waals surface area (Å²) in [5.74, 6) is 0.470. The zero-order valence-corrected chi connectivity index (χ0v) is 18.7. The molecule has 0 fully saturated rings. The van der Waals surface area contributed by atoms with Gasteiger partial charge in [-0.25, -0.2) is 0 Å². The van der Waals surface area contributed by atoms with Crippen LogP contribution in [0.5, 0.6) is 11.5 Å². The van der Waals surface area contributed by atoms with Gasteiger partial charge in [-0.1, -0.05) is 48.5 Å². The molecule has 2 N–H and O–H groups in total. The molecule has 4 heteroatoms. The fraction of sp³-hybridized carbons (Fsp3) is 0.103. The van der Waals surface area contributed by atoms with Gasteiger partial charge in [-0.05, 0) is 79.9 Å². The Labute approximate surface area is 194 Å². The molecule has 33 heavy (non-hydrogen) atoms. The lowest BCUT2D eigenvalue weighted by molar-refractivity contribution is 0.473. The molecular formula is C29H26N2O2. The van der Waals surface area contributed by atoms with Crippen LogP contribution in [0.4, 0.5) is 11.4 Å². The summed E-state index contributed by atoms with van der Waals surface area (Å²) in [5.41, 5.74) is 7.11. The molecule has 164 valence electrons. The van der Waals surface area contributed by atoms with Crippen molar-refractivity contribution in [2.24, 2.45) is 9.98 Å². The van der Waals surface area contributed by atoms with Crippen molar-refractivity contribution in [2.45, 2.75) is 20.3 Å². The van der Waals surface area contributed by atoms with Gasteiger partial charge in [-0.3, -0.25) is 9.98 Å². The van der Waals surface area contributed by atoms with Crippen LogP contribution in [0, 0.1) is 0 Å². The van der Waals surface area contributed by atoms with E-state index in [-0.39, 0.29) is 11.5 Å². The molecule has 0 heterocycles. The normalized spacial score (nSPS) is 12.1. The molecule has 4 rings (SSSR count). The van der Waals surface area contributed by atoms with Gasteiger partial charge < -0.3 is 10.2 Å². The second kappa shape index (κ2) is 9.96. The number of aliphatic imine (C=N–C) groups is 2. The summed E-state index contributed by atoms with van der Waals surface area (Å²) in [6.45, 7) is 3.79. The van der Waals surface area contributed by atoms with Crippen LogP contribution < -0.4 is 0 Å². The number of phenols is 2. The van der Waals surface area contributed by atoms with Crippen LogP contribution in [0.1, 0.15) is 36.1 Å². The van der Waals surface area contributed by atoms with Gasteiger partial charge in [-0.15, -0.1) is 0 Å². The van der Waals surface area contributed by atoms with Crippen molar-refractivity contribution in [1.29, 1.82) is 0 Å². The van der Waals surface area contributed by atoms with Gasteiger partial charge in [0.1, 0.15) is 11.5 Å². The number of nitrogens with zero attached hydrogens (tertiary/aromatic N) is 2. The van der Waals surface area contributed by atoms with E-state index in [1.165, 1.54) is 11.1 Å². The third-order valence-corrected chi connectivity index (χ3v) is 5.46. The minimum atomic E-state index is 0.235. The van der Waals surface area contributed by atoms with Crippen LogP contribution in [0.2, 0.25) is 0 Å². The standard InChI is InChI=1S/C29H26N2O2/c1-20(26-7-3-5-9-28(26)32)30-24-15-11-22(12-16-24)19-23-13-17-25(18-14-23)31-21(2)27-8-4-6-10-29(27)33/h3-18,32-33H,19H2,1-2H3. The Morgan fingerprint density at radius 1 is 0.545 bits per heavy atom. The smallest absolute Gasteiger partial charge is 0.124 e. The SMILES string of the molecule is CC(=Nc1ccc(Cc2ccc(N=C(C)c3ccccc3O)cc2)cc1)c1ccccc1O. The molecule has 0 aromatic heterocycles. The fourth-order valence-electron chi connectivity index (χ4n) is 3.68. The second-order valence-electron chi connectivity index (χ2n) is 7.94. The molecule has 0 aliphatic heterocycles. The van der Waals surface area contributed by atoms with Crippen molar-refractivity contribution in [3.63, 3.8) is 0 Å². The first-order valence-corrected chi connectivity index (χ1v) is 10.8. The number of hydrogen-bond acceptors (Lipinski definition) is 4. The van der Waals surface area contributed by atoms with Crippen molar-refractivity contribution >= 4 is 22.8 Å². The largest absolute Gasteiger partial charge is 0.507 e. The number of hydrogen-bond donors (Lipinski definition) is 2.